The summed E-state index contributed by atoms with van der Waals surface area (Å²) >= 11 is 4.68. The van der Waals surface area contributed by atoms with Crippen molar-refractivity contribution in [1.29, 1.82) is 0 Å². The fraction of sp³-hybridized carbons (Fsp3) is 0.143. The molecule has 1 aromatic heterocycles. The monoisotopic (exact) mass is 553 g/mol. The Labute approximate surface area is 199 Å². The molecule has 138 valence electrons. The van der Waals surface area contributed by atoms with Crippen LogP contribution >= 0.6 is 24.8 Å². The van der Waals surface area contributed by atoms with E-state index in [1.54, 1.807) is 0 Å². The van der Waals surface area contributed by atoms with E-state index in [4.69, 9.17) is 0 Å². The predicted octanol–water partition coefficient (Wildman–Crippen LogP) is 0.272. The molecule has 3 aromatic rings. The van der Waals surface area contributed by atoms with E-state index >= 15 is 0 Å². The van der Waals surface area contributed by atoms with Crippen molar-refractivity contribution in [2.24, 2.45) is 7.05 Å². The molecule has 0 amide bonds. The van der Waals surface area contributed by atoms with E-state index < -0.39 is 0 Å². The van der Waals surface area contributed by atoms with Gasteiger partial charge in [-0.15, -0.1) is 36.1 Å². The minimum absolute atomic E-state index is 0. The summed E-state index contributed by atoms with van der Waals surface area (Å²) in [5, 5.41) is 1.27. The van der Waals surface area contributed by atoms with Gasteiger partial charge in [-0.05, 0) is 35.2 Å². The van der Waals surface area contributed by atoms with Gasteiger partial charge in [0.05, 0.1) is 0 Å². The topological polar surface area (TPSA) is 4.93 Å². The van der Waals surface area contributed by atoms with Crippen LogP contribution in [-0.4, -0.2) is 4.57 Å². The Hall–Kier alpha value is -0.377. The molecule has 0 bridgehead atoms. The molecule has 0 atom stereocenters. The fourth-order valence-electron chi connectivity index (χ4n) is 3.38. The second kappa shape index (κ2) is 11.6. The zero-order chi connectivity index (χ0) is 17.8. The Morgan fingerprint density at radius 2 is 1.96 bits per heavy atom. The molecule has 0 saturated heterocycles. The Balaban J connectivity index is 0.000000351. The van der Waals surface area contributed by atoms with E-state index in [0.29, 0.717) is 0 Å². The molecule has 6 heteroatoms. The zero-order valence-corrected chi connectivity index (χ0v) is 21.0. The van der Waals surface area contributed by atoms with E-state index in [1.165, 1.54) is 33.3 Å². The first kappa shape index (κ1) is 24.7. The zero-order valence-electron chi connectivity index (χ0n) is 14.6. The van der Waals surface area contributed by atoms with Crippen LogP contribution in [-0.2, 0) is 36.1 Å². The molecule has 2 aliphatic carbocycles. The number of benzene rings is 2. The van der Waals surface area contributed by atoms with Crippen LogP contribution in [0.1, 0.15) is 17.5 Å². The van der Waals surface area contributed by atoms with Gasteiger partial charge in [-0.1, -0.05) is 27.6 Å². The van der Waals surface area contributed by atoms with E-state index in [-0.39, 0.29) is 24.8 Å². The van der Waals surface area contributed by atoms with E-state index in [2.05, 4.69) is 85.0 Å². The van der Waals surface area contributed by atoms with Crippen molar-refractivity contribution in [3.63, 3.8) is 0 Å². The number of fused-ring (bicyclic) bond motifs is 5. The molecule has 5 rings (SSSR count). The molecule has 2 aliphatic rings. The number of rotatable bonds is 0. The molecule has 0 unspecified atom stereocenters. The SMILES string of the molecule is Cn1c2c(c3[c-]cccc31)Cc1cc(Br)ccc1-2.[C-]1=CC=CC1.[Cl-].[Cl-].[S]=[Zr+2]. The summed E-state index contributed by atoms with van der Waals surface area (Å²) in [5.41, 5.74) is 6.82. The molecule has 1 nitrogen and oxygen atoms in total. The number of hydrogen-bond acceptors (Lipinski definition) is 1. The normalized spacial score (nSPS) is 12.0. The molecule has 2 aromatic carbocycles. The predicted molar refractivity (Wildman–Crippen MR) is 107 cm³/mol. The molecule has 1 heterocycles. The summed E-state index contributed by atoms with van der Waals surface area (Å²) in [6, 6.07) is 16.2. The van der Waals surface area contributed by atoms with Crippen molar-refractivity contribution in [2.45, 2.75) is 12.8 Å². The van der Waals surface area contributed by atoms with Crippen molar-refractivity contribution in [3.8, 4) is 11.3 Å². The first-order chi connectivity index (χ1) is 12.3. The second-order valence-electron chi connectivity index (χ2n) is 5.80. The van der Waals surface area contributed by atoms with Crippen LogP contribution in [0.2, 0.25) is 0 Å². The van der Waals surface area contributed by atoms with Gasteiger partial charge in [-0.3, -0.25) is 6.08 Å². The Bertz CT molecular complexity index is 972. The fourth-order valence-corrected chi connectivity index (χ4v) is 3.78. The average molecular weight is 556 g/mol. The average Bonchev–Trinajstić information content (AvgIpc) is 3.37. The van der Waals surface area contributed by atoms with Gasteiger partial charge in [0.25, 0.3) is 0 Å². The number of halogens is 3. The number of allylic oxidation sites excluding steroid dienone is 4. The maximum absolute atomic E-state index is 4.17. The van der Waals surface area contributed by atoms with Gasteiger partial charge in [-0.25, -0.2) is 12.2 Å². The summed E-state index contributed by atoms with van der Waals surface area (Å²) < 4.78 is 3.45. The summed E-state index contributed by atoms with van der Waals surface area (Å²) in [5.74, 6) is 0. The Morgan fingerprint density at radius 3 is 2.59 bits per heavy atom. The molecule has 0 spiro atoms. The minimum atomic E-state index is 0. The van der Waals surface area contributed by atoms with Gasteiger partial charge in [-0.2, -0.15) is 6.08 Å². The van der Waals surface area contributed by atoms with Crippen LogP contribution in [0.15, 0.2) is 59.1 Å². The van der Waals surface area contributed by atoms with Gasteiger partial charge in [0, 0.05) is 17.2 Å². The van der Waals surface area contributed by atoms with Gasteiger partial charge < -0.3 is 29.4 Å². The molecular weight excluding hydrogens is 540 g/mol. The third-order valence-corrected chi connectivity index (χ3v) is 4.89. The molecule has 0 aliphatic heterocycles. The van der Waals surface area contributed by atoms with Crippen LogP contribution in [0.3, 0.4) is 0 Å². The van der Waals surface area contributed by atoms with Crippen molar-refractivity contribution in [3.05, 3.63) is 82.4 Å². The summed E-state index contributed by atoms with van der Waals surface area (Å²) in [6.07, 6.45) is 11.0. The standard InChI is InChI=1S/C16H11BrN.C5H5.2ClH.S.Zr/c1-18-15-5-3-2-4-13(15)14-9-10-8-11(17)6-7-12(10)16(14)18;1-2-4-5-3-1;;;;/h2-3,5-8H,9H2,1H3;1-3H,4H2;2*1H;;/q2*-1;;;;+2/p-2. The van der Waals surface area contributed by atoms with E-state index in [1.807, 2.05) is 18.2 Å². The summed E-state index contributed by atoms with van der Waals surface area (Å²) in [4.78, 5) is 0. The number of aromatic nitrogens is 1. The van der Waals surface area contributed by atoms with Gasteiger partial charge in [0.2, 0.25) is 0 Å². The summed E-state index contributed by atoms with van der Waals surface area (Å²) in [6.45, 7) is 0. The van der Waals surface area contributed by atoms with E-state index in [9.17, 15) is 0 Å². The third kappa shape index (κ3) is 5.16. The van der Waals surface area contributed by atoms with Crippen molar-refractivity contribution in [1.82, 2.24) is 4.57 Å². The van der Waals surface area contributed by atoms with Gasteiger partial charge in [0.15, 0.2) is 0 Å². The van der Waals surface area contributed by atoms with Crippen molar-refractivity contribution in [2.75, 3.05) is 0 Å². The number of nitrogens with zero attached hydrogens (tertiary/aromatic N) is 1. The molecule has 27 heavy (non-hydrogen) atoms. The van der Waals surface area contributed by atoms with Gasteiger partial charge in [0.1, 0.15) is 0 Å². The molecule has 0 radical (unpaired) electrons. The Kier molecular flexibility index (Phi) is 10.6. The molecule has 0 saturated carbocycles. The van der Waals surface area contributed by atoms with Crippen LogP contribution in [0, 0.1) is 12.1 Å². The van der Waals surface area contributed by atoms with Gasteiger partial charge >= 0.3 is 31.5 Å². The number of hydrogen-bond donors (Lipinski definition) is 0. The van der Waals surface area contributed by atoms with Crippen LogP contribution in [0.4, 0.5) is 0 Å². The van der Waals surface area contributed by atoms with Crippen LogP contribution in [0.25, 0.3) is 22.2 Å². The molecular formula is C21H16BrCl2NSZr-2. The van der Waals surface area contributed by atoms with Crippen molar-refractivity contribution >= 4 is 35.7 Å². The third-order valence-electron chi connectivity index (χ3n) is 4.39. The maximum atomic E-state index is 4.17. The van der Waals surface area contributed by atoms with Crippen LogP contribution < -0.4 is 24.8 Å². The van der Waals surface area contributed by atoms with Crippen LogP contribution in [0.5, 0.6) is 0 Å². The quantitative estimate of drug-likeness (QED) is 0.282. The van der Waals surface area contributed by atoms with Crippen molar-refractivity contribution < 1.29 is 47.5 Å². The first-order valence-electron chi connectivity index (χ1n) is 7.94. The van der Waals surface area contributed by atoms with E-state index in [0.717, 1.165) is 40.0 Å². The first-order valence-corrected chi connectivity index (χ1v) is 12.2. The Morgan fingerprint density at radius 1 is 1.19 bits per heavy atom. The number of aryl methyl sites for hydroxylation is 1. The second-order valence-corrected chi connectivity index (χ2v) is 6.71. The summed E-state index contributed by atoms with van der Waals surface area (Å²) in [7, 11) is 6.32. The molecule has 0 fully saturated rings. The molecule has 0 N–H and O–H groups in total.